The van der Waals surface area contributed by atoms with Crippen molar-refractivity contribution in [1.29, 1.82) is 0 Å². The lowest BCUT2D eigenvalue weighted by Gasteiger charge is -2.19. The molecule has 21 heavy (non-hydrogen) atoms. The standard InChI is InChI=1S/C11H13N5O5/c17-4-6-9(19)8(5-3-12-15-14-5)10(21-6)16-2-1-7(18)13-11(16)20/h1-3,6,8-10,17,19H,4H2,(H,12,14,15)(H,13,18,20)/t6-,8-,9-,10-/m1/s1. The summed E-state index contributed by atoms with van der Waals surface area (Å²) in [6.45, 7) is -0.413. The molecule has 0 aromatic carbocycles. The first-order valence-electron chi connectivity index (χ1n) is 6.23. The second-order valence-electron chi connectivity index (χ2n) is 4.68. The molecular formula is C11H13N5O5. The Morgan fingerprint density at radius 2 is 2.24 bits per heavy atom. The van der Waals surface area contributed by atoms with Gasteiger partial charge >= 0.3 is 5.69 Å². The maximum Gasteiger partial charge on any atom is 0.330 e. The zero-order valence-corrected chi connectivity index (χ0v) is 10.7. The van der Waals surface area contributed by atoms with Gasteiger partial charge in [0.15, 0.2) is 0 Å². The van der Waals surface area contributed by atoms with Crippen LogP contribution in [-0.4, -0.2) is 54.0 Å². The molecule has 0 spiro atoms. The topological polar surface area (TPSA) is 146 Å². The van der Waals surface area contributed by atoms with Gasteiger partial charge in [-0.2, -0.15) is 15.4 Å². The minimum absolute atomic E-state index is 0.390. The van der Waals surface area contributed by atoms with Gasteiger partial charge in [-0.3, -0.25) is 14.3 Å². The van der Waals surface area contributed by atoms with Gasteiger partial charge in [0.05, 0.1) is 30.5 Å². The summed E-state index contributed by atoms with van der Waals surface area (Å²) in [6.07, 6.45) is -0.169. The molecule has 0 bridgehead atoms. The molecule has 2 aromatic heterocycles. The largest absolute Gasteiger partial charge is 0.394 e. The van der Waals surface area contributed by atoms with Crippen molar-refractivity contribution >= 4 is 0 Å². The van der Waals surface area contributed by atoms with Crippen molar-refractivity contribution in [1.82, 2.24) is 25.0 Å². The summed E-state index contributed by atoms with van der Waals surface area (Å²) in [5.41, 5.74) is -0.820. The first-order valence-corrected chi connectivity index (χ1v) is 6.23. The van der Waals surface area contributed by atoms with E-state index in [4.69, 9.17) is 4.74 Å². The highest BCUT2D eigenvalue weighted by molar-refractivity contribution is 5.11. The molecular weight excluding hydrogens is 282 g/mol. The predicted octanol–water partition coefficient (Wildman–Crippen LogP) is -2.31. The van der Waals surface area contributed by atoms with Crippen LogP contribution in [0.4, 0.5) is 0 Å². The van der Waals surface area contributed by atoms with E-state index in [-0.39, 0.29) is 0 Å². The van der Waals surface area contributed by atoms with Crippen molar-refractivity contribution in [2.24, 2.45) is 0 Å². The van der Waals surface area contributed by atoms with Gasteiger partial charge in [-0.15, -0.1) is 0 Å². The number of H-pyrrole nitrogens is 2. The minimum Gasteiger partial charge on any atom is -0.394 e. The molecule has 2 aromatic rings. The van der Waals surface area contributed by atoms with Crippen molar-refractivity contribution in [3.63, 3.8) is 0 Å². The van der Waals surface area contributed by atoms with E-state index in [0.717, 1.165) is 4.57 Å². The molecule has 4 atom stereocenters. The second kappa shape index (κ2) is 5.24. The molecule has 10 nitrogen and oxygen atoms in total. The van der Waals surface area contributed by atoms with Crippen LogP contribution >= 0.6 is 0 Å². The van der Waals surface area contributed by atoms with Gasteiger partial charge in [-0.1, -0.05) is 0 Å². The Morgan fingerprint density at radius 1 is 1.43 bits per heavy atom. The van der Waals surface area contributed by atoms with E-state index in [2.05, 4.69) is 20.4 Å². The maximum atomic E-state index is 11.9. The molecule has 112 valence electrons. The van der Waals surface area contributed by atoms with Crippen LogP contribution in [0.5, 0.6) is 0 Å². The quantitative estimate of drug-likeness (QED) is 0.497. The second-order valence-corrected chi connectivity index (χ2v) is 4.68. The SMILES string of the molecule is O=c1ccn([C@@H]2O[C@H](CO)[C@@H](O)[C@H]2c2cn[nH]n2)c(=O)[nH]1. The monoisotopic (exact) mass is 295 g/mol. The van der Waals surface area contributed by atoms with Crippen molar-refractivity contribution in [2.45, 2.75) is 24.4 Å². The fourth-order valence-electron chi connectivity index (χ4n) is 2.45. The molecule has 3 heterocycles. The lowest BCUT2D eigenvalue weighted by atomic mass is 9.96. The van der Waals surface area contributed by atoms with Gasteiger partial charge in [0.1, 0.15) is 12.3 Å². The Labute approximate surface area is 117 Å². The van der Waals surface area contributed by atoms with E-state index in [1.807, 2.05) is 0 Å². The van der Waals surface area contributed by atoms with Crippen LogP contribution in [0.2, 0.25) is 0 Å². The van der Waals surface area contributed by atoms with Gasteiger partial charge in [0, 0.05) is 12.3 Å². The van der Waals surface area contributed by atoms with Gasteiger partial charge in [0.25, 0.3) is 5.56 Å². The lowest BCUT2D eigenvalue weighted by molar-refractivity contribution is -0.0466. The maximum absolute atomic E-state index is 11.9. The van der Waals surface area contributed by atoms with Gasteiger partial charge in [0.2, 0.25) is 0 Å². The molecule has 3 rings (SSSR count). The molecule has 1 saturated heterocycles. The predicted molar refractivity (Wildman–Crippen MR) is 67.4 cm³/mol. The van der Waals surface area contributed by atoms with E-state index in [1.165, 1.54) is 18.5 Å². The summed E-state index contributed by atoms with van der Waals surface area (Å²) >= 11 is 0. The number of nitrogens with zero attached hydrogens (tertiary/aromatic N) is 3. The van der Waals surface area contributed by atoms with E-state index in [0.29, 0.717) is 5.69 Å². The molecule has 0 radical (unpaired) electrons. The normalized spacial score (nSPS) is 28.9. The highest BCUT2D eigenvalue weighted by atomic mass is 16.5. The molecule has 1 aliphatic heterocycles. The number of aliphatic hydroxyl groups is 2. The first kappa shape index (κ1) is 13.7. The summed E-state index contributed by atoms with van der Waals surface area (Å²) in [5, 5.41) is 29.5. The average Bonchev–Trinajstić information content (AvgIpc) is 3.06. The number of ether oxygens (including phenoxy) is 1. The number of aromatic nitrogens is 5. The van der Waals surface area contributed by atoms with Crippen LogP contribution in [0.3, 0.4) is 0 Å². The molecule has 0 amide bonds. The Bertz CT molecular complexity index is 723. The number of hydrogen-bond donors (Lipinski definition) is 4. The zero-order chi connectivity index (χ0) is 15.0. The molecule has 0 unspecified atom stereocenters. The Kier molecular flexibility index (Phi) is 3.41. The molecule has 4 N–H and O–H groups in total. The van der Waals surface area contributed by atoms with Gasteiger partial charge in [-0.25, -0.2) is 4.79 Å². The van der Waals surface area contributed by atoms with Crippen LogP contribution in [0.25, 0.3) is 0 Å². The minimum atomic E-state index is -1.07. The van der Waals surface area contributed by atoms with Crippen LogP contribution in [0.15, 0.2) is 28.0 Å². The third-order valence-corrected chi connectivity index (χ3v) is 3.45. The number of hydrogen-bond acceptors (Lipinski definition) is 7. The highest BCUT2D eigenvalue weighted by Gasteiger charge is 2.46. The Morgan fingerprint density at radius 3 is 2.86 bits per heavy atom. The summed E-state index contributed by atoms with van der Waals surface area (Å²) in [7, 11) is 0. The Balaban J connectivity index is 2.06. The van der Waals surface area contributed by atoms with E-state index >= 15 is 0 Å². The van der Waals surface area contributed by atoms with E-state index < -0.39 is 42.2 Å². The van der Waals surface area contributed by atoms with Crippen LogP contribution in [0.1, 0.15) is 17.8 Å². The van der Waals surface area contributed by atoms with Crippen LogP contribution < -0.4 is 11.2 Å². The average molecular weight is 295 g/mol. The van der Waals surface area contributed by atoms with Gasteiger partial charge < -0.3 is 14.9 Å². The first-order chi connectivity index (χ1) is 10.1. The van der Waals surface area contributed by atoms with Crippen molar-refractivity contribution in [3.05, 3.63) is 45.0 Å². The summed E-state index contributed by atoms with van der Waals surface area (Å²) in [5.74, 6) is -0.704. The van der Waals surface area contributed by atoms with Crippen molar-refractivity contribution in [2.75, 3.05) is 6.61 Å². The number of rotatable bonds is 3. The summed E-state index contributed by atoms with van der Waals surface area (Å²) < 4.78 is 6.66. The summed E-state index contributed by atoms with van der Waals surface area (Å²) in [6, 6.07) is 1.17. The Hall–Kier alpha value is -2.30. The highest BCUT2D eigenvalue weighted by Crippen LogP contribution is 2.40. The molecule has 0 aliphatic carbocycles. The van der Waals surface area contributed by atoms with Crippen molar-refractivity contribution in [3.8, 4) is 0 Å². The lowest BCUT2D eigenvalue weighted by Crippen LogP contribution is -2.34. The van der Waals surface area contributed by atoms with Crippen LogP contribution in [-0.2, 0) is 4.74 Å². The summed E-state index contributed by atoms with van der Waals surface area (Å²) in [4.78, 5) is 25.1. The van der Waals surface area contributed by atoms with Gasteiger partial charge in [-0.05, 0) is 0 Å². The third-order valence-electron chi connectivity index (χ3n) is 3.45. The zero-order valence-electron chi connectivity index (χ0n) is 10.7. The fraction of sp³-hybridized carbons (Fsp3) is 0.455. The van der Waals surface area contributed by atoms with Crippen molar-refractivity contribution < 1.29 is 14.9 Å². The fourth-order valence-corrected chi connectivity index (χ4v) is 2.45. The molecule has 10 heteroatoms. The molecule has 1 fully saturated rings. The van der Waals surface area contributed by atoms with E-state index in [1.54, 1.807) is 0 Å². The smallest absolute Gasteiger partial charge is 0.330 e. The van der Waals surface area contributed by atoms with E-state index in [9.17, 15) is 19.8 Å². The molecule has 0 saturated carbocycles. The number of nitrogens with one attached hydrogen (secondary N) is 2. The van der Waals surface area contributed by atoms with Crippen LogP contribution in [0, 0.1) is 0 Å². The molecule has 1 aliphatic rings. The number of aliphatic hydroxyl groups excluding tert-OH is 2. The third kappa shape index (κ3) is 2.28. The number of aromatic amines is 2.